The van der Waals surface area contributed by atoms with Crippen LogP contribution in [0.5, 0.6) is 5.75 Å². The topological polar surface area (TPSA) is 35.5 Å². The lowest BCUT2D eigenvalue weighted by molar-refractivity contribution is -0.169. The molecule has 4 heteroatoms. The number of ether oxygens (including phenoxy) is 2. The van der Waals surface area contributed by atoms with E-state index >= 15 is 0 Å². The van der Waals surface area contributed by atoms with E-state index in [1.54, 1.807) is 11.3 Å². The van der Waals surface area contributed by atoms with Gasteiger partial charge in [0, 0.05) is 16.0 Å². The monoisotopic (exact) mass is 564 g/mol. The number of hydrogen-bond acceptors (Lipinski definition) is 4. The molecule has 0 aliphatic heterocycles. The summed E-state index contributed by atoms with van der Waals surface area (Å²) in [5, 5.41) is 1.23. The van der Waals surface area contributed by atoms with E-state index in [-0.39, 0.29) is 28.8 Å². The molecule has 0 saturated carbocycles. The summed E-state index contributed by atoms with van der Waals surface area (Å²) in [5.41, 5.74) is 1.95. The summed E-state index contributed by atoms with van der Waals surface area (Å²) in [6.07, 6.45) is 6.27. The molecule has 0 N–H and O–H groups in total. The van der Waals surface area contributed by atoms with E-state index in [1.807, 2.05) is 19.9 Å². The van der Waals surface area contributed by atoms with E-state index in [4.69, 9.17) is 9.47 Å². The van der Waals surface area contributed by atoms with Crippen molar-refractivity contribution in [3.8, 4) is 16.2 Å². The van der Waals surface area contributed by atoms with E-state index in [0.717, 1.165) is 18.6 Å². The Morgan fingerprint density at radius 3 is 2.15 bits per heavy atom. The molecule has 0 radical (unpaired) electrons. The fourth-order valence-electron chi connectivity index (χ4n) is 5.35. The van der Waals surface area contributed by atoms with Crippen LogP contribution >= 0.6 is 11.3 Å². The highest BCUT2D eigenvalue weighted by atomic mass is 32.1. The molecular formula is C36H52O3S. The van der Waals surface area contributed by atoms with Crippen molar-refractivity contribution < 1.29 is 14.3 Å². The quantitative estimate of drug-likeness (QED) is 0.162. The molecular weight excluding hydrogens is 512 g/mol. The van der Waals surface area contributed by atoms with E-state index in [9.17, 15) is 4.79 Å². The SMILES string of the molecule is CCCCCc1ccc(-c2cc3ccc(OC(C)CC(C)(C)OC(=O)C(CC(C)(C)C)C(C)(C)C)cc3s2)cc1. The summed E-state index contributed by atoms with van der Waals surface area (Å²) in [6.45, 7) is 21.2. The second kappa shape index (κ2) is 13.1. The summed E-state index contributed by atoms with van der Waals surface area (Å²) in [4.78, 5) is 14.6. The number of thiophene rings is 1. The highest BCUT2D eigenvalue weighted by molar-refractivity contribution is 7.22. The molecule has 0 aliphatic carbocycles. The lowest BCUT2D eigenvalue weighted by Crippen LogP contribution is -2.40. The van der Waals surface area contributed by atoms with Crippen LogP contribution in [-0.4, -0.2) is 17.7 Å². The van der Waals surface area contributed by atoms with Gasteiger partial charge in [-0.2, -0.15) is 0 Å². The van der Waals surface area contributed by atoms with Crippen molar-refractivity contribution in [2.24, 2.45) is 16.7 Å². The normalized spacial score (nSPS) is 14.2. The second-order valence-corrected chi connectivity index (χ2v) is 15.5. The van der Waals surface area contributed by atoms with Crippen molar-refractivity contribution in [3.63, 3.8) is 0 Å². The predicted molar refractivity (Wildman–Crippen MR) is 172 cm³/mol. The number of hydrogen-bond donors (Lipinski definition) is 0. The van der Waals surface area contributed by atoms with Crippen LogP contribution in [0.3, 0.4) is 0 Å². The summed E-state index contributed by atoms with van der Waals surface area (Å²) < 4.78 is 13.7. The molecule has 2 aromatic carbocycles. The predicted octanol–water partition coefficient (Wildman–Crippen LogP) is 10.9. The average molecular weight is 565 g/mol. The lowest BCUT2D eigenvalue weighted by atomic mass is 9.72. The number of benzene rings is 2. The van der Waals surface area contributed by atoms with Crippen molar-refractivity contribution in [1.29, 1.82) is 0 Å². The molecule has 0 saturated heterocycles. The molecule has 0 bridgehead atoms. The van der Waals surface area contributed by atoms with Crippen LogP contribution in [-0.2, 0) is 16.0 Å². The minimum absolute atomic E-state index is 0.0511. The first-order valence-corrected chi connectivity index (χ1v) is 15.9. The van der Waals surface area contributed by atoms with Crippen LogP contribution in [0.1, 0.15) is 107 Å². The molecule has 3 rings (SSSR count). The number of fused-ring (bicyclic) bond motifs is 1. The molecule has 3 nitrogen and oxygen atoms in total. The first-order chi connectivity index (χ1) is 18.6. The van der Waals surface area contributed by atoms with Crippen molar-refractivity contribution in [2.75, 3.05) is 0 Å². The summed E-state index contributed by atoms with van der Waals surface area (Å²) >= 11 is 1.80. The Hall–Kier alpha value is -2.33. The van der Waals surface area contributed by atoms with Gasteiger partial charge in [0.1, 0.15) is 11.4 Å². The van der Waals surface area contributed by atoms with Gasteiger partial charge in [0.25, 0.3) is 0 Å². The minimum atomic E-state index is -0.624. The maximum absolute atomic E-state index is 13.3. The van der Waals surface area contributed by atoms with Crippen molar-refractivity contribution in [2.45, 2.75) is 119 Å². The van der Waals surface area contributed by atoms with Gasteiger partial charge in [-0.3, -0.25) is 4.79 Å². The third-order valence-corrected chi connectivity index (χ3v) is 8.59. The maximum Gasteiger partial charge on any atom is 0.310 e. The van der Waals surface area contributed by atoms with Gasteiger partial charge in [-0.1, -0.05) is 85.6 Å². The van der Waals surface area contributed by atoms with E-state index < -0.39 is 5.60 Å². The zero-order valence-corrected chi connectivity index (χ0v) is 27.5. The van der Waals surface area contributed by atoms with Crippen LogP contribution in [0.15, 0.2) is 48.5 Å². The van der Waals surface area contributed by atoms with Gasteiger partial charge in [-0.15, -0.1) is 11.3 Å². The van der Waals surface area contributed by atoms with Gasteiger partial charge in [0.15, 0.2) is 0 Å². The largest absolute Gasteiger partial charge is 0.491 e. The smallest absolute Gasteiger partial charge is 0.310 e. The number of carbonyl (C=O) groups excluding carboxylic acids is 1. The molecule has 2 unspecified atom stereocenters. The molecule has 2 atom stereocenters. The number of esters is 1. The van der Waals surface area contributed by atoms with Crippen molar-refractivity contribution in [3.05, 3.63) is 54.1 Å². The maximum atomic E-state index is 13.3. The highest BCUT2D eigenvalue weighted by Gasteiger charge is 2.38. The average Bonchev–Trinajstić information content (AvgIpc) is 3.24. The van der Waals surface area contributed by atoms with Gasteiger partial charge in [-0.05, 0) is 91.6 Å². The number of aryl methyl sites for hydroxylation is 1. The third kappa shape index (κ3) is 9.65. The Morgan fingerprint density at radius 1 is 0.875 bits per heavy atom. The van der Waals surface area contributed by atoms with Crippen LogP contribution in [0.4, 0.5) is 0 Å². The number of carbonyl (C=O) groups is 1. The second-order valence-electron chi connectivity index (χ2n) is 14.5. The van der Waals surface area contributed by atoms with Gasteiger partial charge in [0.05, 0.1) is 12.0 Å². The molecule has 0 fully saturated rings. The van der Waals surface area contributed by atoms with Crippen LogP contribution in [0.2, 0.25) is 0 Å². The van der Waals surface area contributed by atoms with Crippen LogP contribution < -0.4 is 4.74 Å². The lowest BCUT2D eigenvalue weighted by Gasteiger charge is -2.37. The molecule has 220 valence electrons. The Balaban J connectivity index is 1.64. The summed E-state index contributed by atoms with van der Waals surface area (Å²) in [5.74, 6) is 0.582. The van der Waals surface area contributed by atoms with Crippen LogP contribution in [0, 0.1) is 16.7 Å². The van der Waals surface area contributed by atoms with Gasteiger partial charge in [0.2, 0.25) is 0 Å². The minimum Gasteiger partial charge on any atom is -0.491 e. The highest BCUT2D eigenvalue weighted by Crippen LogP contribution is 2.39. The van der Waals surface area contributed by atoms with Gasteiger partial charge in [-0.25, -0.2) is 0 Å². The fourth-order valence-corrected chi connectivity index (χ4v) is 6.45. The first kappa shape index (κ1) is 32.2. The van der Waals surface area contributed by atoms with Gasteiger partial charge >= 0.3 is 5.97 Å². The fraction of sp³-hybridized carbons (Fsp3) is 0.583. The molecule has 1 heterocycles. The Morgan fingerprint density at radius 2 is 1.55 bits per heavy atom. The zero-order valence-electron chi connectivity index (χ0n) is 26.6. The summed E-state index contributed by atoms with van der Waals surface area (Å²) in [7, 11) is 0. The molecule has 0 amide bonds. The van der Waals surface area contributed by atoms with E-state index in [0.29, 0.717) is 6.42 Å². The van der Waals surface area contributed by atoms with Crippen LogP contribution in [0.25, 0.3) is 20.5 Å². The molecule has 3 aromatic rings. The van der Waals surface area contributed by atoms with Crippen molar-refractivity contribution >= 4 is 27.4 Å². The van der Waals surface area contributed by atoms with Gasteiger partial charge < -0.3 is 9.47 Å². The first-order valence-electron chi connectivity index (χ1n) is 15.1. The third-order valence-electron chi connectivity index (χ3n) is 7.44. The Kier molecular flexibility index (Phi) is 10.5. The molecule has 0 aliphatic rings. The number of rotatable bonds is 12. The number of unbranched alkanes of at least 4 members (excludes halogenated alkanes) is 2. The van der Waals surface area contributed by atoms with E-state index in [1.165, 1.54) is 45.4 Å². The summed E-state index contributed by atoms with van der Waals surface area (Å²) in [6, 6.07) is 17.6. The molecule has 1 aromatic heterocycles. The Labute approximate surface area is 247 Å². The Bertz CT molecular complexity index is 1240. The molecule has 40 heavy (non-hydrogen) atoms. The molecule has 0 spiro atoms. The zero-order chi connectivity index (χ0) is 29.7. The standard InChI is InChI=1S/C36H52O3S/c1-11-12-13-14-26-15-17-27(18-16-26)31-21-28-19-20-29(22-32(28)40-31)38-25(2)23-36(9,10)39-33(37)30(35(6,7)8)24-34(3,4)5/h15-22,25,30H,11-14,23-24H2,1-10H3. The van der Waals surface area contributed by atoms with Crippen molar-refractivity contribution in [1.82, 2.24) is 0 Å². The van der Waals surface area contributed by atoms with E-state index in [2.05, 4.69) is 97.9 Å².